The van der Waals surface area contributed by atoms with Crippen LogP contribution in [0, 0.1) is 12.8 Å². The summed E-state index contributed by atoms with van der Waals surface area (Å²) in [7, 11) is 1.86. The Bertz CT molecular complexity index is 350. The number of aryl methyl sites for hydroxylation is 1. The van der Waals surface area contributed by atoms with Gasteiger partial charge in [-0.3, -0.25) is 0 Å². The first-order valence-electron chi connectivity index (χ1n) is 5.63. The van der Waals surface area contributed by atoms with Crippen LogP contribution in [-0.2, 0) is 4.74 Å². The summed E-state index contributed by atoms with van der Waals surface area (Å²) in [5, 5.41) is 6.35. The zero-order valence-electron chi connectivity index (χ0n) is 9.79. The number of hydrogen-bond acceptors (Lipinski definition) is 5. The van der Waals surface area contributed by atoms with Crippen molar-refractivity contribution in [2.45, 2.75) is 13.3 Å². The molecule has 0 aliphatic carbocycles. The minimum absolute atomic E-state index is 0.605. The molecule has 1 aliphatic rings. The second-order valence-corrected chi connectivity index (χ2v) is 4.05. The highest BCUT2D eigenvalue weighted by Crippen LogP contribution is 2.15. The van der Waals surface area contributed by atoms with E-state index in [1.54, 1.807) is 0 Å². The average Bonchev–Trinajstić information content (AvgIpc) is 2.78. The monoisotopic (exact) mass is 222 g/mol. The fourth-order valence-electron chi connectivity index (χ4n) is 1.78. The summed E-state index contributed by atoms with van der Waals surface area (Å²) < 4.78 is 5.33. The van der Waals surface area contributed by atoms with Crippen LogP contribution in [0.1, 0.15) is 12.2 Å². The van der Waals surface area contributed by atoms with Crippen molar-refractivity contribution in [3.05, 3.63) is 11.9 Å². The maximum atomic E-state index is 5.33. The average molecular weight is 222 g/mol. The first kappa shape index (κ1) is 11.1. The molecule has 0 bridgehead atoms. The van der Waals surface area contributed by atoms with Gasteiger partial charge in [0.2, 0.25) is 0 Å². The summed E-state index contributed by atoms with van der Waals surface area (Å²) in [5.41, 5.74) is 0. The highest BCUT2D eigenvalue weighted by molar-refractivity contribution is 5.47. The Balaban J connectivity index is 1.94. The van der Waals surface area contributed by atoms with E-state index in [1.165, 1.54) is 0 Å². The molecule has 1 fully saturated rings. The van der Waals surface area contributed by atoms with Crippen LogP contribution < -0.4 is 10.6 Å². The van der Waals surface area contributed by atoms with E-state index in [1.807, 2.05) is 20.0 Å². The van der Waals surface area contributed by atoms with Crippen molar-refractivity contribution in [1.82, 2.24) is 9.97 Å². The smallest absolute Gasteiger partial charge is 0.131 e. The Hall–Kier alpha value is -1.36. The molecule has 1 unspecified atom stereocenters. The quantitative estimate of drug-likeness (QED) is 0.803. The second kappa shape index (κ2) is 5.12. The summed E-state index contributed by atoms with van der Waals surface area (Å²) in [6.07, 6.45) is 1.13. The van der Waals surface area contributed by atoms with E-state index in [4.69, 9.17) is 4.74 Å². The van der Waals surface area contributed by atoms with Crippen molar-refractivity contribution in [1.29, 1.82) is 0 Å². The van der Waals surface area contributed by atoms with Crippen molar-refractivity contribution in [3.63, 3.8) is 0 Å². The standard InChI is InChI=1S/C11H18N4O/c1-8-14-10(12-2)5-11(15-8)13-6-9-3-4-16-7-9/h5,9H,3-4,6-7H2,1-2H3,(H2,12,13,14,15). The number of nitrogens with zero attached hydrogens (tertiary/aromatic N) is 2. The van der Waals surface area contributed by atoms with E-state index < -0.39 is 0 Å². The molecule has 2 rings (SSSR count). The zero-order chi connectivity index (χ0) is 11.4. The van der Waals surface area contributed by atoms with Crippen molar-refractivity contribution in [2.75, 3.05) is 37.4 Å². The fraction of sp³-hybridized carbons (Fsp3) is 0.636. The van der Waals surface area contributed by atoms with Crippen LogP contribution in [0.2, 0.25) is 0 Å². The Morgan fingerprint density at radius 1 is 1.44 bits per heavy atom. The molecule has 16 heavy (non-hydrogen) atoms. The van der Waals surface area contributed by atoms with Crippen LogP contribution in [0.25, 0.3) is 0 Å². The number of aromatic nitrogens is 2. The normalized spacial score (nSPS) is 19.8. The molecule has 0 radical (unpaired) electrons. The Labute approximate surface area is 95.6 Å². The SMILES string of the molecule is CNc1cc(NCC2CCOC2)nc(C)n1. The van der Waals surface area contributed by atoms with Gasteiger partial charge in [-0.1, -0.05) is 0 Å². The lowest BCUT2D eigenvalue weighted by Crippen LogP contribution is -2.15. The predicted octanol–water partition coefficient (Wildman–Crippen LogP) is 1.28. The van der Waals surface area contributed by atoms with E-state index >= 15 is 0 Å². The molecule has 1 saturated heterocycles. The molecule has 5 nitrogen and oxygen atoms in total. The van der Waals surface area contributed by atoms with Gasteiger partial charge in [0.25, 0.3) is 0 Å². The van der Waals surface area contributed by atoms with Gasteiger partial charge in [-0.2, -0.15) is 0 Å². The molecule has 0 amide bonds. The molecular formula is C11H18N4O. The maximum Gasteiger partial charge on any atom is 0.131 e. The van der Waals surface area contributed by atoms with Gasteiger partial charge in [0.05, 0.1) is 6.61 Å². The first-order chi connectivity index (χ1) is 7.78. The Morgan fingerprint density at radius 2 is 2.25 bits per heavy atom. The summed E-state index contributed by atoms with van der Waals surface area (Å²) in [6, 6.07) is 1.92. The van der Waals surface area contributed by atoms with Crippen molar-refractivity contribution >= 4 is 11.6 Å². The van der Waals surface area contributed by atoms with E-state index in [-0.39, 0.29) is 0 Å². The molecule has 1 atom stereocenters. The Morgan fingerprint density at radius 3 is 2.94 bits per heavy atom. The van der Waals surface area contributed by atoms with E-state index in [9.17, 15) is 0 Å². The number of rotatable bonds is 4. The third-order valence-corrected chi connectivity index (χ3v) is 2.69. The van der Waals surface area contributed by atoms with Crippen molar-refractivity contribution in [2.24, 2.45) is 5.92 Å². The number of nitrogens with one attached hydrogen (secondary N) is 2. The minimum atomic E-state index is 0.605. The van der Waals surface area contributed by atoms with Crippen LogP contribution in [0.5, 0.6) is 0 Å². The van der Waals surface area contributed by atoms with Crippen LogP contribution in [-0.4, -0.2) is 36.8 Å². The predicted molar refractivity (Wildman–Crippen MR) is 63.7 cm³/mol. The van der Waals surface area contributed by atoms with E-state index in [0.29, 0.717) is 5.92 Å². The summed E-state index contributed by atoms with van der Waals surface area (Å²) in [4.78, 5) is 8.58. The molecule has 0 spiro atoms. The molecule has 2 heterocycles. The zero-order valence-corrected chi connectivity index (χ0v) is 9.79. The van der Waals surface area contributed by atoms with Gasteiger partial charge in [0.15, 0.2) is 0 Å². The molecule has 1 aromatic heterocycles. The fourth-order valence-corrected chi connectivity index (χ4v) is 1.78. The lowest BCUT2D eigenvalue weighted by Gasteiger charge is -2.11. The molecule has 2 N–H and O–H groups in total. The summed E-state index contributed by atoms with van der Waals surface area (Å²) in [6.45, 7) is 4.55. The lowest BCUT2D eigenvalue weighted by atomic mass is 10.1. The largest absolute Gasteiger partial charge is 0.381 e. The van der Waals surface area contributed by atoms with Crippen LogP contribution in [0.15, 0.2) is 6.07 Å². The van der Waals surface area contributed by atoms with Crippen LogP contribution >= 0.6 is 0 Å². The molecule has 1 aromatic rings. The highest BCUT2D eigenvalue weighted by Gasteiger charge is 2.15. The molecule has 5 heteroatoms. The molecule has 1 aliphatic heterocycles. The van der Waals surface area contributed by atoms with Gasteiger partial charge in [0.1, 0.15) is 17.5 Å². The number of hydrogen-bond donors (Lipinski definition) is 2. The third kappa shape index (κ3) is 2.82. The summed E-state index contributed by atoms with van der Waals surface area (Å²) in [5.74, 6) is 3.10. The number of anilines is 2. The molecule has 0 aromatic carbocycles. The number of ether oxygens (including phenoxy) is 1. The van der Waals surface area contributed by atoms with Gasteiger partial charge in [-0.05, 0) is 13.3 Å². The first-order valence-corrected chi connectivity index (χ1v) is 5.63. The van der Waals surface area contributed by atoms with Gasteiger partial charge in [-0.25, -0.2) is 9.97 Å². The minimum Gasteiger partial charge on any atom is -0.381 e. The van der Waals surface area contributed by atoms with E-state index in [2.05, 4.69) is 20.6 Å². The maximum absolute atomic E-state index is 5.33. The van der Waals surface area contributed by atoms with Gasteiger partial charge in [0, 0.05) is 32.2 Å². The third-order valence-electron chi connectivity index (χ3n) is 2.69. The topological polar surface area (TPSA) is 59.1 Å². The second-order valence-electron chi connectivity index (χ2n) is 4.05. The van der Waals surface area contributed by atoms with Gasteiger partial charge >= 0.3 is 0 Å². The summed E-state index contributed by atoms with van der Waals surface area (Å²) >= 11 is 0. The molecule has 88 valence electrons. The van der Waals surface area contributed by atoms with E-state index in [0.717, 1.165) is 43.6 Å². The van der Waals surface area contributed by atoms with Gasteiger partial charge < -0.3 is 15.4 Å². The van der Waals surface area contributed by atoms with Crippen molar-refractivity contribution < 1.29 is 4.74 Å². The van der Waals surface area contributed by atoms with Crippen LogP contribution in [0.4, 0.5) is 11.6 Å². The lowest BCUT2D eigenvalue weighted by molar-refractivity contribution is 0.187. The highest BCUT2D eigenvalue weighted by atomic mass is 16.5. The van der Waals surface area contributed by atoms with Gasteiger partial charge in [-0.15, -0.1) is 0 Å². The molecule has 0 saturated carbocycles. The Kier molecular flexibility index (Phi) is 3.56. The molecular weight excluding hydrogens is 204 g/mol. The van der Waals surface area contributed by atoms with Crippen molar-refractivity contribution in [3.8, 4) is 0 Å². The van der Waals surface area contributed by atoms with Crippen LogP contribution in [0.3, 0.4) is 0 Å².